The molecule has 2 rings (SSSR count). The molecule has 1 unspecified atom stereocenters. The van der Waals surface area contributed by atoms with Crippen molar-refractivity contribution in [3.05, 3.63) is 21.0 Å². The van der Waals surface area contributed by atoms with Gasteiger partial charge in [0, 0.05) is 25.7 Å². The molecule has 1 fully saturated rings. The summed E-state index contributed by atoms with van der Waals surface area (Å²) >= 11 is 3.46. The SMILES string of the molecule is CCCCn1ncc(N2CCCC(NC)C2)c(Br)c1=O. The van der Waals surface area contributed by atoms with Gasteiger partial charge in [0.1, 0.15) is 4.47 Å². The molecule has 0 aliphatic carbocycles. The van der Waals surface area contributed by atoms with Crippen LogP contribution in [0.2, 0.25) is 0 Å². The van der Waals surface area contributed by atoms with Crippen molar-refractivity contribution in [2.75, 3.05) is 25.0 Å². The predicted molar refractivity (Wildman–Crippen MR) is 85.4 cm³/mol. The fourth-order valence-electron chi connectivity index (χ4n) is 2.58. The van der Waals surface area contributed by atoms with Crippen molar-refractivity contribution < 1.29 is 0 Å². The Bertz CT molecular complexity index is 502. The zero-order chi connectivity index (χ0) is 14.5. The molecule has 0 saturated carbocycles. The number of aromatic nitrogens is 2. The van der Waals surface area contributed by atoms with Crippen molar-refractivity contribution >= 4 is 21.6 Å². The highest BCUT2D eigenvalue weighted by atomic mass is 79.9. The molecule has 1 aromatic heterocycles. The highest BCUT2D eigenvalue weighted by Crippen LogP contribution is 2.24. The second-order valence-corrected chi connectivity index (χ2v) is 6.09. The lowest BCUT2D eigenvalue weighted by molar-refractivity contribution is 0.447. The van der Waals surface area contributed by atoms with Crippen LogP contribution in [0.15, 0.2) is 15.5 Å². The smallest absolute Gasteiger partial charge is 0.283 e. The van der Waals surface area contributed by atoms with Gasteiger partial charge in [0.25, 0.3) is 5.56 Å². The number of hydrogen-bond acceptors (Lipinski definition) is 4. The maximum atomic E-state index is 12.3. The topological polar surface area (TPSA) is 50.2 Å². The van der Waals surface area contributed by atoms with Gasteiger partial charge < -0.3 is 10.2 Å². The van der Waals surface area contributed by atoms with E-state index in [4.69, 9.17) is 0 Å². The summed E-state index contributed by atoms with van der Waals surface area (Å²) in [5.74, 6) is 0. The van der Waals surface area contributed by atoms with Crippen molar-refractivity contribution in [1.82, 2.24) is 15.1 Å². The summed E-state index contributed by atoms with van der Waals surface area (Å²) in [7, 11) is 1.99. The van der Waals surface area contributed by atoms with E-state index in [0.29, 0.717) is 17.1 Å². The van der Waals surface area contributed by atoms with Gasteiger partial charge in [-0.3, -0.25) is 4.79 Å². The van der Waals surface area contributed by atoms with Crippen molar-refractivity contribution in [2.45, 2.75) is 45.2 Å². The summed E-state index contributed by atoms with van der Waals surface area (Å²) in [6.07, 6.45) is 6.18. The molecule has 6 heteroatoms. The Morgan fingerprint density at radius 1 is 1.55 bits per heavy atom. The highest BCUT2D eigenvalue weighted by Gasteiger charge is 2.22. The molecule has 5 nitrogen and oxygen atoms in total. The quantitative estimate of drug-likeness (QED) is 0.888. The monoisotopic (exact) mass is 342 g/mol. The van der Waals surface area contributed by atoms with Gasteiger partial charge in [-0.15, -0.1) is 0 Å². The molecular weight excluding hydrogens is 320 g/mol. The second-order valence-electron chi connectivity index (χ2n) is 5.30. The minimum Gasteiger partial charge on any atom is -0.368 e. The van der Waals surface area contributed by atoms with E-state index in [1.807, 2.05) is 13.2 Å². The number of piperidine rings is 1. The molecule has 1 saturated heterocycles. The zero-order valence-corrected chi connectivity index (χ0v) is 13.8. The first-order chi connectivity index (χ1) is 9.67. The number of likely N-dealkylation sites (N-methyl/N-ethyl adjacent to an activating group) is 1. The van der Waals surface area contributed by atoms with Crippen LogP contribution in [0.4, 0.5) is 5.69 Å². The van der Waals surface area contributed by atoms with Crippen LogP contribution in [-0.2, 0) is 6.54 Å². The Morgan fingerprint density at radius 3 is 3.05 bits per heavy atom. The first-order valence-corrected chi connectivity index (χ1v) is 8.14. The largest absolute Gasteiger partial charge is 0.368 e. The van der Waals surface area contributed by atoms with Crippen LogP contribution in [0.1, 0.15) is 32.6 Å². The number of anilines is 1. The molecule has 0 aromatic carbocycles. The molecule has 1 N–H and O–H groups in total. The third-order valence-corrected chi connectivity index (χ3v) is 4.61. The maximum absolute atomic E-state index is 12.3. The lowest BCUT2D eigenvalue weighted by Gasteiger charge is -2.34. The number of nitrogens with zero attached hydrogens (tertiary/aromatic N) is 3. The van der Waals surface area contributed by atoms with E-state index >= 15 is 0 Å². The standard InChI is InChI=1S/C14H23BrN4O/c1-3-4-8-19-14(20)13(15)12(9-17-19)18-7-5-6-11(10-18)16-2/h9,11,16H,3-8,10H2,1-2H3. The number of nitrogens with one attached hydrogen (secondary N) is 1. The zero-order valence-electron chi connectivity index (χ0n) is 12.2. The molecule has 1 aliphatic rings. The first-order valence-electron chi connectivity index (χ1n) is 7.35. The molecule has 1 atom stereocenters. The molecule has 0 spiro atoms. The van der Waals surface area contributed by atoms with Crippen LogP contribution in [0, 0.1) is 0 Å². The van der Waals surface area contributed by atoms with Gasteiger partial charge in [0.2, 0.25) is 0 Å². The van der Waals surface area contributed by atoms with Gasteiger partial charge in [0.05, 0.1) is 11.9 Å². The Balaban J connectivity index is 2.20. The van der Waals surface area contributed by atoms with E-state index in [1.165, 1.54) is 6.42 Å². The van der Waals surface area contributed by atoms with Crippen LogP contribution in [0.5, 0.6) is 0 Å². The summed E-state index contributed by atoms with van der Waals surface area (Å²) in [6, 6.07) is 0.484. The van der Waals surface area contributed by atoms with Crippen LogP contribution < -0.4 is 15.8 Å². The summed E-state index contributed by atoms with van der Waals surface area (Å²) < 4.78 is 2.19. The molecule has 2 heterocycles. The van der Waals surface area contributed by atoms with E-state index in [0.717, 1.165) is 38.0 Å². The predicted octanol–water partition coefficient (Wildman–Crippen LogP) is 1.99. The normalized spacial score (nSPS) is 19.4. The van der Waals surface area contributed by atoms with E-state index in [2.05, 4.69) is 38.2 Å². The minimum atomic E-state index is -0.0254. The fourth-order valence-corrected chi connectivity index (χ4v) is 3.13. The van der Waals surface area contributed by atoms with Gasteiger partial charge in [-0.1, -0.05) is 13.3 Å². The van der Waals surface area contributed by atoms with Crippen molar-refractivity contribution in [3.8, 4) is 0 Å². The molecule has 1 aromatic rings. The summed E-state index contributed by atoms with van der Waals surface area (Å²) in [4.78, 5) is 14.5. The Hall–Kier alpha value is -0.880. The lowest BCUT2D eigenvalue weighted by Crippen LogP contribution is -2.45. The fraction of sp³-hybridized carbons (Fsp3) is 0.714. The third-order valence-electron chi connectivity index (χ3n) is 3.86. The molecule has 0 amide bonds. The summed E-state index contributed by atoms with van der Waals surface area (Å²) in [6.45, 7) is 4.71. The van der Waals surface area contributed by atoms with Crippen molar-refractivity contribution in [1.29, 1.82) is 0 Å². The Labute approximate surface area is 128 Å². The van der Waals surface area contributed by atoms with Crippen LogP contribution in [-0.4, -0.2) is 36.0 Å². The first kappa shape index (κ1) is 15.5. The van der Waals surface area contributed by atoms with Crippen molar-refractivity contribution in [2.24, 2.45) is 0 Å². The molecule has 0 bridgehead atoms. The van der Waals surface area contributed by atoms with Gasteiger partial charge in [0.15, 0.2) is 0 Å². The highest BCUT2D eigenvalue weighted by molar-refractivity contribution is 9.10. The number of aryl methyl sites for hydroxylation is 1. The van der Waals surface area contributed by atoms with Gasteiger partial charge in [-0.25, -0.2) is 4.68 Å². The molecule has 112 valence electrons. The van der Waals surface area contributed by atoms with Crippen LogP contribution in [0.3, 0.4) is 0 Å². The number of hydrogen-bond donors (Lipinski definition) is 1. The van der Waals surface area contributed by atoms with Crippen molar-refractivity contribution in [3.63, 3.8) is 0 Å². The molecule has 20 heavy (non-hydrogen) atoms. The number of rotatable bonds is 5. The molecule has 0 radical (unpaired) electrons. The Kier molecular flexibility index (Phi) is 5.60. The number of unbranched alkanes of at least 4 members (excludes halogenated alkanes) is 1. The van der Waals surface area contributed by atoms with E-state index in [1.54, 1.807) is 4.68 Å². The van der Waals surface area contributed by atoms with E-state index in [-0.39, 0.29) is 5.56 Å². The lowest BCUT2D eigenvalue weighted by atomic mass is 10.1. The summed E-state index contributed by atoms with van der Waals surface area (Å²) in [5.41, 5.74) is 0.894. The van der Waals surface area contributed by atoms with E-state index in [9.17, 15) is 4.79 Å². The second kappa shape index (κ2) is 7.22. The average molecular weight is 343 g/mol. The van der Waals surface area contributed by atoms with Gasteiger partial charge in [-0.2, -0.15) is 5.10 Å². The van der Waals surface area contributed by atoms with Crippen LogP contribution >= 0.6 is 15.9 Å². The third kappa shape index (κ3) is 3.41. The van der Waals surface area contributed by atoms with Gasteiger partial charge >= 0.3 is 0 Å². The average Bonchev–Trinajstić information content (AvgIpc) is 2.49. The summed E-state index contributed by atoms with van der Waals surface area (Å²) in [5, 5.41) is 7.63. The van der Waals surface area contributed by atoms with Crippen LogP contribution in [0.25, 0.3) is 0 Å². The van der Waals surface area contributed by atoms with Gasteiger partial charge in [-0.05, 0) is 42.2 Å². The van der Waals surface area contributed by atoms with E-state index < -0.39 is 0 Å². The Morgan fingerprint density at radius 2 is 2.35 bits per heavy atom. The maximum Gasteiger partial charge on any atom is 0.283 e. The molecular formula is C14H23BrN4O. The molecule has 1 aliphatic heterocycles. The minimum absolute atomic E-state index is 0.0254. The number of halogens is 1.